The summed E-state index contributed by atoms with van der Waals surface area (Å²) in [6.07, 6.45) is 2.19. The van der Waals surface area contributed by atoms with Gasteiger partial charge in [0, 0.05) is 18.2 Å². The molecular weight excluding hydrogens is 328 g/mol. The number of benzene rings is 2. The van der Waals surface area contributed by atoms with Crippen molar-refractivity contribution in [3.8, 4) is 0 Å². The molecule has 3 rings (SSSR count). The molecule has 5 heteroatoms. The molecule has 0 spiro atoms. The number of likely N-dealkylation sites (tertiary alicyclic amines) is 1. The lowest BCUT2D eigenvalue weighted by Gasteiger charge is -2.39. The van der Waals surface area contributed by atoms with Crippen molar-refractivity contribution in [3.63, 3.8) is 0 Å². The Labute approximate surface area is 153 Å². The van der Waals surface area contributed by atoms with Gasteiger partial charge in [-0.3, -0.25) is 9.69 Å². The molecule has 0 aliphatic carbocycles. The molecule has 26 heavy (non-hydrogen) atoms. The predicted molar refractivity (Wildman–Crippen MR) is 100 cm³/mol. The number of hydrogen-bond donors (Lipinski definition) is 2. The van der Waals surface area contributed by atoms with Gasteiger partial charge in [0.1, 0.15) is 0 Å². The fourth-order valence-corrected chi connectivity index (χ4v) is 3.74. The highest BCUT2D eigenvalue weighted by Gasteiger charge is 2.30. The van der Waals surface area contributed by atoms with Crippen molar-refractivity contribution >= 4 is 11.9 Å². The average molecular weight is 352 g/mol. The Balaban J connectivity index is 1.66. The van der Waals surface area contributed by atoms with E-state index in [9.17, 15) is 9.59 Å². The van der Waals surface area contributed by atoms with Crippen LogP contribution in [0.3, 0.4) is 0 Å². The molecule has 1 aliphatic rings. The predicted octanol–water partition coefficient (Wildman–Crippen LogP) is 3.20. The Kier molecular flexibility index (Phi) is 5.68. The number of carbonyl (C=O) groups excluding carboxylic acids is 1. The van der Waals surface area contributed by atoms with Crippen molar-refractivity contribution in [2.45, 2.75) is 18.9 Å². The summed E-state index contributed by atoms with van der Waals surface area (Å²) in [6.45, 7) is 1.66. The van der Waals surface area contributed by atoms with Gasteiger partial charge in [-0.05, 0) is 62.2 Å². The van der Waals surface area contributed by atoms with Gasteiger partial charge in [-0.15, -0.1) is 0 Å². The van der Waals surface area contributed by atoms with E-state index in [1.54, 1.807) is 12.1 Å². The highest BCUT2D eigenvalue weighted by atomic mass is 16.4. The molecule has 136 valence electrons. The van der Waals surface area contributed by atoms with Crippen molar-refractivity contribution in [1.29, 1.82) is 0 Å². The number of piperidine rings is 1. The molecule has 0 unspecified atom stereocenters. The number of nitrogens with one attached hydrogen (secondary N) is 1. The van der Waals surface area contributed by atoms with Gasteiger partial charge < -0.3 is 10.4 Å². The first kappa shape index (κ1) is 18.1. The van der Waals surface area contributed by atoms with Crippen molar-refractivity contribution < 1.29 is 14.7 Å². The zero-order valence-corrected chi connectivity index (χ0v) is 14.9. The van der Waals surface area contributed by atoms with Crippen molar-refractivity contribution in [2.75, 3.05) is 20.1 Å². The van der Waals surface area contributed by atoms with Crippen LogP contribution < -0.4 is 5.32 Å². The minimum Gasteiger partial charge on any atom is -0.478 e. The Hall–Kier alpha value is -2.66. The molecule has 1 aliphatic heterocycles. The summed E-state index contributed by atoms with van der Waals surface area (Å²) < 4.78 is 0. The second-order valence-corrected chi connectivity index (χ2v) is 6.83. The summed E-state index contributed by atoms with van der Waals surface area (Å²) in [5, 5.41) is 12.0. The van der Waals surface area contributed by atoms with Crippen LogP contribution in [0.1, 0.15) is 45.2 Å². The molecule has 2 N–H and O–H groups in total. The van der Waals surface area contributed by atoms with E-state index in [0.717, 1.165) is 19.4 Å². The minimum atomic E-state index is -0.993. The molecule has 0 aromatic heterocycles. The molecule has 5 nitrogen and oxygen atoms in total. The quantitative estimate of drug-likeness (QED) is 0.867. The largest absolute Gasteiger partial charge is 0.478 e. The maximum atomic E-state index is 12.4. The Morgan fingerprint density at radius 1 is 1.08 bits per heavy atom. The smallest absolute Gasteiger partial charge is 0.335 e. The normalized spacial score (nSPS) is 20.5. The summed E-state index contributed by atoms with van der Waals surface area (Å²) in [4.78, 5) is 25.7. The van der Waals surface area contributed by atoms with Gasteiger partial charge in [-0.25, -0.2) is 4.79 Å². The summed E-state index contributed by atoms with van der Waals surface area (Å²) in [6, 6.07) is 16.7. The number of carbonyl (C=O) groups is 2. The molecule has 0 saturated carbocycles. The second kappa shape index (κ2) is 8.15. The first-order valence-electron chi connectivity index (χ1n) is 8.93. The number of nitrogens with zero attached hydrogens (tertiary/aromatic N) is 1. The van der Waals surface area contributed by atoms with Crippen LogP contribution in [0.5, 0.6) is 0 Å². The van der Waals surface area contributed by atoms with Crippen molar-refractivity contribution in [2.24, 2.45) is 5.92 Å². The van der Waals surface area contributed by atoms with Gasteiger partial charge >= 0.3 is 5.97 Å². The number of carboxylic acids is 1. The molecule has 1 amide bonds. The second-order valence-electron chi connectivity index (χ2n) is 6.83. The lowest BCUT2D eigenvalue weighted by atomic mass is 9.85. The molecule has 1 heterocycles. The summed E-state index contributed by atoms with van der Waals surface area (Å²) in [5.74, 6) is -0.812. The number of carboxylic acid groups (broad SMARTS) is 1. The van der Waals surface area contributed by atoms with Crippen LogP contribution in [0.15, 0.2) is 54.6 Å². The van der Waals surface area contributed by atoms with Gasteiger partial charge in [0.25, 0.3) is 5.91 Å². The fourth-order valence-electron chi connectivity index (χ4n) is 3.74. The molecule has 2 aromatic carbocycles. The summed E-state index contributed by atoms with van der Waals surface area (Å²) in [5.41, 5.74) is 1.94. The Morgan fingerprint density at radius 3 is 2.38 bits per heavy atom. The number of hydrogen-bond acceptors (Lipinski definition) is 3. The van der Waals surface area contributed by atoms with Gasteiger partial charge in [-0.2, -0.15) is 0 Å². The zero-order chi connectivity index (χ0) is 18.5. The maximum Gasteiger partial charge on any atom is 0.335 e. The van der Waals surface area contributed by atoms with Crippen molar-refractivity contribution in [1.82, 2.24) is 10.2 Å². The van der Waals surface area contributed by atoms with Gasteiger partial charge in [0.05, 0.1) is 5.56 Å². The third-order valence-corrected chi connectivity index (χ3v) is 5.07. The van der Waals surface area contributed by atoms with E-state index in [0.29, 0.717) is 24.1 Å². The topological polar surface area (TPSA) is 69.6 Å². The third-order valence-electron chi connectivity index (χ3n) is 5.07. The highest BCUT2D eigenvalue weighted by Crippen LogP contribution is 2.34. The monoisotopic (exact) mass is 352 g/mol. The van der Waals surface area contributed by atoms with Crippen LogP contribution in [-0.2, 0) is 0 Å². The molecule has 2 aromatic rings. The number of amides is 1. The molecule has 0 radical (unpaired) electrons. The highest BCUT2D eigenvalue weighted by molar-refractivity contribution is 5.95. The van der Waals surface area contributed by atoms with E-state index < -0.39 is 5.97 Å². The van der Waals surface area contributed by atoms with Crippen LogP contribution in [0, 0.1) is 5.92 Å². The van der Waals surface area contributed by atoms with Crippen LogP contribution in [0.2, 0.25) is 0 Å². The van der Waals surface area contributed by atoms with Gasteiger partial charge in [-0.1, -0.05) is 30.3 Å². The first-order valence-corrected chi connectivity index (χ1v) is 8.93. The lowest BCUT2D eigenvalue weighted by molar-refractivity contribution is 0.0696. The fraction of sp³-hybridized carbons (Fsp3) is 0.333. The summed E-state index contributed by atoms with van der Waals surface area (Å²) >= 11 is 0. The molecule has 1 fully saturated rings. The Bertz CT molecular complexity index is 759. The van der Waals surface area contributed by atoms with E-state index in [2.05, 4.69) is 41.5 Å². The maximum absolute atomic E-state index is 12.4. The van der Waals surface area contributed by atoms with Crippen LogP contribution in [-0.4, -0.2) is 42.0 Å². The standard InChI is InChI=1S/C21H24N2O3/c1-23-13-5-8-18(19(23)15-6-3-2-4-7-15)14-22-20(24)16-9-11-17(12-10-16)21(25)26/h2-4,6-7,9-12,18-19H,5,8,13-14H2,1H3,(H,22,24)(H,25,26)/t18-,19-/m0/s1. The van der Waals surface area contributed by atoms with E-state index in [1.165, 1.54) is 17.7 Å². The van der Waals surface area contributed by atoms with E-state index in [-0.39, 0.29) is 11.5 Å². The van der Waals surface area contributed by atoms with E-state index >= 15 is 0 Å². The molecule has 2 atom stereocenters. The van der Waals surface area contributed by atoms with Crippen LogP contribution >= 0.6 is 0 Å². The third kappa shape index (κ3) is 4.11. The van der Waals surface area contributed by atoms with Crippen LogP contribution in [0.25, 0.3) is 0 Å². The first-order chi connectivity index (χ1) is 12.6. The summed E-state index contributed by atoms with van der Waals surface area (Å²) in [7, 11) is 2.14. The lowest BCUT2D eigenvalue weighted by Crippen LogP contribution is -2.41. The molecule has 0 bridgehead atoms. The number of aromatic carboxylic acids is 1. The molecule has 1 saturated heterocycles. The SMILES string of the molecule is CN1CCC[C@@H](CNC(=O)c2ccc(C(=O)O)cc2)[C@@H]1c1ccccc1. The number of rotatable bonds is 5. The molecular formula is C21H24N2O3. The van der Waals surface area contributed by atoms with E-state index in [4.69, 9.17) is 5.11 Å². The average Bonchev–Trinajstić information content (AvgIpc) is 2.67. The Morgan fingerprint density at radius 2 is 1.73 bits per heavy atom. The zero-order valence-electron chi connectivity index (χ0n) is 14.9. The van der Waals surface area contributed by atoms with Crippen LogP contribution in [0.4, 0.5) is 0 Å². The van der Waals surface area contributed by atoms with Gasteiger partial charge in [0.15, 0.2) is 0 Å². The van der Waals surface area contributed by atoms with Crippen molar-refractivity contribution in [3.05, 3.63) is 71.3 Å². The minimum absolute atomic E-state index is 0.165. The van der Waals surface area contributed by atoms with E-state index in [1.807, 2.05) is 6.07 Å². The van der Waals surface area contributed by atoms with Gasteiger partial charge in [0.2, 0.25) is 0 Å².